The van der Waals surface area contributed by atoms with E-state index < -0.39 is 0 Å². The highest BCUT2D eigenvalue weighted by molar-refractivity contribution is 8.68. The Morgan fingerprint density at radius 1 is 1.47 bits per heavy atom. The first-order chi connectivity index (χ1) is 7.29. The van der Waals surface area contributed by atoms with Gasteiger partial charge in [0.2, 0.25) is 0 Å². The fraction of sp³-hybridized carbons (Fsp3) is 0.455. The Labute approximate surface area is 99.1 Å². The highest BCUT2D eigenvalue weighted by Crippen LogP contribution is 2.29. The van der Waals surface area contributed by atoms with E-state index in [1.807, 2.05) is 0 Å². The SMILES string of the molecule is CC(SS)c1cnc(C#CC2CC2)cn1. The first kappa shape index (κ1) is 10.8. The summed E-state index contributed by atoms with van der Waals surface area (Å²) in [5, 5.41) is 0.270. The van der Waals surface area contributed by atoms with Gasteiger partial charge in [-0.2, -0.15) is 0 Å². The number of aromatic nitrogens is 2. The third kappa shape index (κ3) is 3.15. The van der Waals surface area contributed by atoms with Gasteiger partial charge < -0.3 is 0 Å². The van der Waals surface area contributed by atoms with Crippen molar-refractivity contribution in [1.29, 1.82) is 0 Å². The van der Waals surface area contributed by atoms with Crippen molar-refractivity contribution in [3.05, 3.63) is 23.8 Å². The molecule has 1 unspecified atom stereocenters. The molecule has 0 N–H and O–H groups in total. The first-order valence-corrected chi connectivity index (χ1v) is 6.86. The van der Waals surface area contributed by atoms with Crippen LogP contribution in [0.4, 0.5) is 0 Å². The highest BCUT2D eigenvalue weighted by atomic mass is 33.1. The van der Waals surface area contributed by atoms with Crippen LogP contribution in [0.1, 0.15) is 36.4 Å². The van der Waals surface area contributed by atoms with Crippen molar-refractivity contribution in [2.75, 3.05) is 0 Å². The van der Waals surface area contributed by atoms with Gasteiger partial charge in [0.15, 0.2) is 0 Å². The number of rotatable bonds is 2. The quantitative estimate of drug-likeness (QED) is 0.486. The lowest BCUT2D eigenvalue weighted by Gasteiger charge is -2.04. The summed E-state index contributed by atoms with van der Waals surface area (Å²) in [4.78, 5) is 8.58. The molecule has 2 nitrogen and oxygen atoms in total. The minimum absolute atomic E-state index is 0.270. The van der Waals surface area contributed by atoms with Gasteiger partial charge in [-0.15, -0.1) is 11.7 Å². The van der Waals surface area contributed by atoms with Gasteiger partial charge in [-0.05, 0) is 25.7 Å². The maximum absolute atomic E-state index is 4.31. The van der Waals surface area contributed by atoms with E-state index in [1.54, 1.807) is 12.4 Å². The van der Waals surface area contributed by atoms with Gasteiger partial charge >= 0.3 is 0 Å². The number of nitrogens with zero attached hydrogens (tertiary/aromatic N) is 2. The Morgan fingerprint density at radius 2 is 2.27 bits per heavy atom. The van der Waals surface area contributed by atoms with Gasteiger partial charge in [-0.3, -0.25) is 4.98 Å². The van der Waals surface area contributed by atoms with Crippen LogP contribution < -0.4 is 0 Å². The van der Waals surface area contributed by atoms with Crippen molar-refractivity contribution in [2.24, 2.45) is 5.92 Å². The van der Waals surface area contributed by atoms with E-state index in [0.717, 1.165) is 11.4 Å². The van der Waals surface area contributed by atoms with Crippen LogP contribution in [0.15, 0.2) is 12.4 Å². The maximum atomic E-state index is 4.31. The summed E-state index contributed by atoms with van der Waals surface area (Å²) in [6.07, 6.45) is 6.01. The van der Waals surface area contributed by atoms with Gasteiger partial charge in [0.05, 0.1) is 23.3 Å². The summed E-state index contributed by atoms with van der Waals surface area (Å²) in [6, 6.07) is 0. The molecule has 1 atom stereocenters. The lowest BCUT2D eigenvalue weighted by atomic mass is 10.3. The predicted molar refractivity (Wildman–Crippen MR) is 66.6 cm³/mol. The molecule has 4 heteroatoms. The van der Waals surface area contributed by atoms with Crippen LogP contribution in [0.25, 0.3) is 0 Å². The largest absolute Gasteiger partial charge is 0.256 e. The molecule has 1 aliphatic carbocycles. The zero-order chi connectivity index (χ0) is 10.7. The Morgan fingerprint density at radius 3 is 2.80 bits per heavy atom. The Balaban J connectivity index is 2.06. The molecule has 0 aliphatic heterocycles. The summed E-state index contributed by atoms with van der Waals surface area (Å²) in [5.74, 6) is 6.81. The minimum Gasteiger partial charge on any atom is -0.256 e. The molecular formula is C11H12N2S2. The second kappa shape index (κ2) is 4.91. The van der Waals surface area contributed by atoms with E-state index in [4.69, 9.17) is 0 Å². The van der Waals surface area contributed by atoms with Gasteiger partial charge in [-0.1, -0.05) is 16.7 Å². The molecule has 1 aromatic rings. The van der Waals surface area contributed by atoms with Crippen LogP contribution in [-0.2, 0) is 0 Å². The van der Waals surface area contributed by atoms with Crippen LogP contribution in [0.2, 0.25) is 0 Å². The third-order valence-corrected chi connectivity index (χ3v) is 3.73. The van der Waals surface area contributed by atoms with E-state index in [2.05, 4.69) is 40.4 Å². The lowest BCUT2D eigenvalue weighted by Crippen LogP contribution is -1.94. The predicted octanol–water partition coefficient (Wildman–Crippen LogP) is 2.88. The Kier molecular flexibility index (Phi) is 3.55. The van der Waals surface area contributed by atoms with E-state index in [-0.39, 0.29) is 5.25 Å². The molecule has 1 fully saturated rings. The van der Waals surface area contributed by atoms with Crippen molar-refractivity contribution < 1.29 is 0 Å². The number of hydrogen-bond acceptors (Lipinski definition) is 4. The van der Waals surface area contributed by atoms with Crippen LogP contribution in [0.5, 0.6) is 0 Å². The second-order valence-corrected chi connectivity index (χ2v) is 5.17. The molecule has 0 spiro atoms. The molecule has 0 bridgehead atoms. The normalized spacial score (nSPS) is 16.7. The molecular weight excluding hydrogens is 224 g/mol. The summed E-state index contributed by atoms with van der Waals surface area (Å²) < 4.78 is 0. The molecule has 15 heavy (non-hydrogen) atoms. The second-order valence-electron chi connectivity index (χ2n) is 3.62. The summed E-state index contributed by atoms with van der Waals surface area (Å²) in [7, 11) is 1.47. The van der Waals surface area contributed by atoms with E-state index >= 15 is 0 Å². The minimum atomic E-state index is 0.270. The van der Waals surface area contributed by atoms with Gasteiger partial charge in [0.25, 0.3) is 0 Å². The zero-order valence-corrected chi connectivity index (χ0v) is 10.2. The molecule has 1 aromatic heterocycles. The Bertz CT molecular complexity index is 387. The van der Waals surface area contributed by atoms with E-state index in [1.165, 1.54) is 23.6 Å². The standard InChI is InChI=1S/C11H12N2S2/c1-8(15-14)11-7-12-10(6-13-11)5-4-9-2-3-9/h6-9,14H,2-3H2,1H3. The van der Waals surface area contributed by atoms with Gasteiger partial charge in [0, 0.05) is 5.92 Å². The molecule has 0 aromatic carbocycles. The molecule has 1 heterocycles. The molecule has 2 rings (SSSR count). The molecule has 78 valence electrons. The highest BCUT2D eigenvalue weighted by Gasteiger charge is 2.17. The van der Waals surface area contributed by atoms with Gasteiger partial charge in [0.1, 0.15) is 5.69 Å². The van der Waals surface area contributed by atoms with Crippen LogP contribution in [0.3, 0.4) is 0 Å². The molecule has 0 radical (unpaired) electrons. The molecule has 0 saturated heterocycles. The van der Waals surface area contributed by atoms with Crippen molar-refractivity contribution >= 4 is 22.5 Å². The number of hydrogen-bond donors (Lipinski definition) is 1. The fourth-order valence-corrected chi connectivity index (χ4v) is 1.62. The van der Waals surface area contributed by atoms with Crippen molar-refractivity contribution in [3.8, 4) is 11.8 Å². The monoisotopic (exact) mass is 236 g/mol. The molecule has 0 amide bonds. The average molecular weight is 236 g/mol. The topological polar surface area (TPSA) is 25.8 Å². The van der Waals surface area contributed by atoms with E-state index in [9.17, 15) is 0 Å². The van der Waals surface area contributed by atoms with Crippen molar-refractivity contribution in [3.63, 3.8) is 0 Å². The summed E-state index contributed by atoms with van der Waals surface area (Å²) in [6.45, 7) is 2.05. The van der Waals surface area contributed by atoms with Crippen LogP contribution in [0, 0.1) is 17.8 Å². The van der Waals surface area contributed by atoms with Crippen molar-refractivity contribution in [1.82, 2.24) is 9.97 Å². The summed E-state index contributed by atoms with van der Waals surface area (Å²) in [5.41, 5.74) is 1.72. The number of thiol groups is 1. The first-order valence-electron chi connectivity index (χ1n) is 4.93. The van der Waals surface area contributed by atoms with Crippen molar-refractivity contribution in [2.45, 2.75) is 25.0 Å². The lowest BCUT2D eigenvalue weighted by molar-refractivity contribution is 0.976. The Hall–Kier alpha value is -0.660. The molecule has 1 aliphatic rings. The fourth-order valence-electron chi connectivity index (χ4n) is 1.07. The van der Waals surface area contributed by atoms with Gasteiger partial charge in [-0.25, -0.2) is 4.98 Å². The van der Waals surface area contributed by atoms with E-state index in [0.29, 0.717) is 5.92 Å². The van der Waals surface area contributed by atoms with Crippen LogP contribution in [-0.4, -0.2) is 9.97 Å². The third-order valence-electron chi connectivity index (χ3n) is 2.23. The average Bonchev–Trinajstić information content (AvgIpc) is 3.10. The smallest absolute Gasteiger partial charge is 0.131 e. The van der Waals surface area contributed by atoms with Crippen LogP contribution >= 0.6 is 22.5 Å². The maximum Gasteiger partial charge on any atom is 0.131 e. The summed E-state index contributed by atoms with van der Waals surface area (Å²) >= 11 is 4.15. The zero-order valence-electron chi connectivity index (χ0n) is 8.47. The molecule has 1 saturated carbocycles.